The van der Waals surface area contributed by atoms with Crippen molar-refractivity contribution in [2.75, 3.05) is 0 Å². The molecule has 0 aromatic heterocycles. The van der Waals surface area contributed by atoms with Crippen LogP contribution < -0.4 is 0 Å². The normalized spacial score (nSPS) is 13.9. The first kappa shape index (κ1) is 8.74. The first-order valence-electron chi connectivity index (χ1n) is 3.54. The first-order chi connectivity index (χ1) is 4.09. The Labute approximate surface area is 59.0 Å². The van der Waals surface area contributed by atoms with Crippen LogP contribution in [0, 0.1) is 18.3 Å². The Bertz CT molecular complexity index is 90.2. The molecule has 0 aromatic carbocycles. The van der Waals surface area contributed by atoms with Crippen LogP contribution in [-0.4, -0.2) is 0 Å². The summed E-state index contributed by atoms with van der Waals surface area (Å²) in [4.78, 5) is 0. The predicted octanol–water partition coefficient (Wildman–Crippen LogP) is 3.06. The van der Waals surface area contributed by atoms with Crippen molar-refractivity contribution in [3.63, 3.8) is 0 Å². The van der Waals surface area contributed by atoms with Gasteiger partial charge in [0.15, 0.2) is 0 Å². The van der Waals surface area contributed by atoms with E-state index in [1.54, 1.807) is 0 Å². The lowest BCUT2D eigenvalue weighted by atomic mass is 9.88. The molecule has 54 valence electrons. The van der Waals surface area contributed by atoms with E-state index < -0.39 is 0 Å². The molecule has 0 spiro atoms. The Morgan fingerprint density at radius 3 is 1.89 bits per heavy atom. The summed E-state index contributed by atoms with van der Waals surface area (Å²) in [5.74, 6) is 1.30. The van der Waals surface area contributed by atoms with Gasteiger partial charge in [-0.1, -0.05) is 19.8 Å². The maximum Gasteiger partial charge on any atom is -0.0465 e. The molecule has 0 nitrogen and oxygen atoms in total. The van der Waals surface area contributed by atoms with Crippen LogP contribution in [0.2, 0.25) is 0 Å². The first-order valence-corrected chi connectivity index (χ1v) is 3.54. The molecule has 1 atom stereocenters. The largest absolute Gasteiger partial charge is 0.324 e. The Hall–Kier alpha value is -0.260. The van der Waals surface area contributed by atoms with Gasteiger partial charge in [-0.2, -0.15) is 6.92 Å². The van der Waals surface area contributed by atoms with Crippen molar-refractivity contribution >= 4 is 0 Å². The molecule has 0 aliphatic heterocycles. The van der Waals surface area contributed by atoms with Gasteiger partial charge in [-0.15, -0.1) is 18.1 Å². The zero-order valence-electron chi connectivity index (χ0n) is 6.94. The topological polar surface area (TPSA) is 0 Å². The summed E-state index contributed by atoms with van der Waals surface area (Å²) in [5, 5.41) is 0. The third-order valence-electron chi connectivity index (χ3n) is 1.65. The summed E-state index contributed by atoms with van der Waals surface area (Å²) >= 11 is 0. The number of allylic oxidation sites excluding steroid dienone is 1. The molecule has 1 unspecified atom stereocenters. The number of rotatable bonds is 3. The second kappa shape index (κ2) is 3.71. The van der Waals surface area contributed by atoms with Gasteiger partial charge >= 0.3 is 0 Å². The standard InChI is InChI=1S/C9H17/c1-6-9(7(2)3)8(4)5/h6,8-9H,2H2,1,3-5H3/q-1. The summed E-state index contributed by atoms with van der Waals surface area (Å²) in [6, 6.07) is 0. The SMILES string of the molecule is C=C(C)C([CH-]C)C(C)C. The summed E-state index contributed by atoms with van der Waals surface area (Å²) in [6.45, 7) is 12.5. The third kappa shape index (κ3) is 2.69. The third-order valence-corrected chi connectivity index (χ3v) is 1.65. The molecule has 0 N–H and O–H groups in total. The molecule has 0 aromatic rings. The number of hydrogen-bond acceptors (Lipinski definition) is 0. The van der Waals surface area contributed by atoms with Crippen molar-refractivity contribution in [1.82, 2.24) is 0 Å². The molecule has 0 rings (SSSR count). The van der Waals surface area contributed by atoms with Gasteiger partial charge in [0.25, 0.3) is 0 Å². The predicted molar refractivity (Wildman–Crippen MR) is 43.1 cm³/mol. The van der Waals surface area contributed by atoms with Crippen LogP contribution in [-0.2, 0) is 0 Å². The Kier molecular flexibility index (Phi) is 3.60. The van der Waals surface area contributed by atoms with Crippen molar-refractivity contribution < 1.29 is 0 Å². The molecule has 0 aliphatic carbocycles. The maximum atomic E-state index is 3.92. The van der Waals surface area contributed by atoms with Crippen LogP contribution in [0.4, 0.5) is 0 Å². The average molecular weight is 125 g/mol. The van der Waals surface area contributed by atoms with E-state index in [-0.39, 0.29) is 0 Å². The molecule has 0 saturated carbocycles. The minimum atomic E-state index is 0.602. The van der Waals surface area contributed by atoms with Crippen LogP contribution in [0.3, 0.4) is 0 Å². The van der Waals surface area contributed by atoms with E-state index in [1.807, 2.05) is 0 Å². The van der Waals surface area contributed by atoms with Gasteiger partial charge in [-0.25, -0.2) is 0 Å². The molecule has 0 amide bonds. The Morgan fingerprint density at radius 2 is 1.89 bits per heavy atom. The second-order valence-electron chi connectivity index (χ2n) is 2.95. The van der Waals surface area contributed by atoms with Gasteiger partial charge in [0.2, 0.25) is 0 Å². The van der Waals surface area contributed by atoms with Gasteiger partial charge < -0.3 is 6.42 Å². The lowest BCUT2D eigenvalue weighted by molar-refractivity contribution is 0.498. The molecule has 0 fully saturated rings. The second-order valence-corrected chi connectivity index (χ2v) is 2.95. The molecule has 0 radical (unpaired) electrons. The summed E-state index contributed by atoms with van der Waals surface area (Å²) < 4.78 is 0. The molecular formula is C9H17-. The highest BCUT2D eigenvalue weighted by atomic mass is 14.1. The molecule has 9 heavy (non-hydrogen) atoms. The van der Waals surface area contributed by atoms with Crippen LogP contribution in [0.25, 0.3) is 0 Å². The highest BCUT2D eigenvalue weighted by Crippen LogP contribution is 2.20. The van der Waals surface area contributed by atoms with Crippen molar-refractivity contribution in [3.05, 3.63) is 18.6 Å². The fraction of sp³-hybridized carbons (Fsp3) is 0.667. The smallest absolute Gasteiger partial charge is 0.0465 e. The lowest BCUT2D eigenvalue weighted by Gasteiger charge is -2.27. The van der Waals surface area contributed by atoms with Gasteiger partial charge in [0, 0.05) is 0 Å². The van der Waals surface area contributed by atoms with Crippen LogP contribution in [0.15, 0.2) is 12.2 Å². The van der Waals surface area contributed by atoms with E-state index in [9.17, 15) is 0 Å². The van der Waals surface area contributed by atoms with Crippen LogP contribution >= 0.6 is 0 Å². The zero-order chi connectivity index (χ0) is 7.44. The highest BCUT2D eigenvalue weighted by molar-refractivity contribution is 5.02. The number of hydrogen-bond donors (Lipinski definition) is 0. The van der Waals surface area contributed by atoms with E-state index in [0.29, 0.717) is 11.8 Å². The minimum absolute atomic E-state index is 0.602. The Morgan fingerprint density at radius 1 is 1.44 bits per heavy atom. The average Bonchev–Trinajstić information content (AvgIpc) is 1.64. The summed E-state index contributed by atoms with van der Waals surface area (Å²) in [6.07, 6.45) is 2.22. The molecule has 0 heterocycles. The Balaban J connectivity index is 3.83. The molecule has 0 heteroatoms. The fourth-order valence-electron chi connectivity index (χ4n) is 1.24. The van der Waals surface area contributed by atoms with Gasteiger partial charge in [-0.3, -0.25) is 0 Å². The summed E-state index contributed by atoms with van der Waals surface area (Å²) in [5.41, 5.74) is 1.27. The van der Waals surface area contributed by atoms with Crippen molar-refractivity contribution in [2.45, 2.75) is 27.7 Å². The minimum Gasteiger partial charge on any atom is -0.324 e. The van der Waals surface area contributed by atoms with Crippen LogP contribution in [0.1, 0.15) is 27.7 Å². The fourth-order valence-corrected chi connectivity index (χ4v) is 1.24. The molecule has 0 aliphatic rings. The van der Waals surface area contributed by atoms with Crippen LogP contribution in [0.5, 0.6) is 0 Å². The lowest BCUT2D eigenvalue weighted by Crippen LogP contribution is -2.08. The maximum absolute atomic E-state index is 3.92. The van der Waals surface area contributed by atoms with Crippen molar-refractivity contribution in [1.29, 1.82) is 0 Å². The highest BCUT2D eigenvalue weighted by Gasteiger charge is 2.01. The monoisotopic (exact) mass is 125 g/mol. The van der Waals surface area contributed by atoms with E-state index in [0.717, 1.165) is 0 Å². The quantitative estimate of drug-likeness (QED) is 0.401. The molecule has 0 bridgehead atoms. The summed E-state index contributed by atoms with van der Waals surface area (Å²) in [7, 11) is 0. The van der Waals surface area contributed by atoms with E-state index in [1.165, 1.54) is 5.57 Å². The van der Waals surface area contributed by atoms with Crippen molar-refractivity contribution in [2.24, 2.45) is 11.8 Å². The molecule has 0 saturated heterocycles. The molecular weight excluding hydrogens is 108 g/mol. The van der Waals surface area contributed by atoms with Gasteiger partial charge in [0.05, 0.1) is 0 Å². The van der Waals surface area contributed by atoms with Crippen molar-refractivity contribution in [3.8, 4) is 0 Å². The van der Waals surface area contributed by atoms with Gasteiger partial charge in [0.1, 0.15) is 0 Å². The zero-order valence-corrected chi connectivity index (χ0v) is 6.94. The van der Waals surface area contributed by atoms with E-state index in [4.69, 9.17) is 0 Å². The van der Waals surface area contributed by atoms with E-state index in [2.05, 4.69) is 40.7 Å². The van der Waals surface area contributed by atoms with Gasteiger partial charge in [-0.05, 0) is 6.92 Å². The van der Waals surface area contributed by atoms with E-state index >= 15 is 0 Å².